The third-order valence-corrected chi connectivity index (χ3v) is 8.23. The first-order valence-corrected chi connectivity index (χ1v) is 14.4. The van der Waals surface area contributed by atoms with Crippen molar-refractivity contribution in [1.82, 2.24) is 4.90 Å². The summed E-state index contributed by atoms with van der Waals surface area (Å²) in [6, 6.07) is 15.7. The molecule has 3 atom stereocenters. The predicted molar refractivity (Wildman–Crippen MR) is 159 cm³/mol. The lowest BCUT2D eigenvalue weighted by Crippen LogP contribution is -2.35. The number of carboxylic acid groups (broad SMARTS) is 1. The molecule has 9 nitrogen and oxygen atoms in total. The number of rotatable bonds is 9. The fourth-order valence-corrected chi connectivity index (χ4v) is 6.29. The molecule has 0 aromatic heterocycles. The molecule has 0 saturated carbocycles. The van der Waals surface area contributed by atoms with Gasteiger partial charge in [0, 0.05) is 29.8 Å². The molecule has 220 valence electrons. The second kappa shape index (κ2) is 12.2. The van der Waals surface area contributed by atoms with Gasteiger partial charge in [0.15, 0.2) is 11.5 Å². The number of aryl methyl sites for hydroxylation is 3. The highest BCUT2D eigenvalue weighted by Gasteiger charge is 2.48. The Hall–Kier alpha value is -4.37. The molecule has 4 N–H and O–H groups in total. The molecule has 3 aromatic rings. The van der Waals surface area contributed by atoms with Crippen LogP contribution >= 0.6 is 0 Å². The number of aliphatic carboxylic acids is 1. The van der Waals surface area contributed by atoms with Crippen molar-refractivity contribution in [1.29, 1.82) is 0 Å². The lowest BCUT2D eigenvalue weighted by Gasteiger charge is -2.27. The van der Waals surface area contributed by atoms with Crippen molar-refractivity contribution in [2.45, 2.75) is 45.6 Å². The lowest BCUT2D eigenvalue weighted by atomic mass is 9.82. The van der Waals surface area contributed by atoms with Crippen LogP contribution in [0.1, 0.15) is 64.0 Å². The van der Waals surface area contributed by atoms with E-state index < -0.39 is 29.8 Å². The molecule has 2 aliphatic heterocycles. The second-order valence-electron chi connectivity index (χ2n) is 10.9. The molecule has 5 rings (SSSR count). The lowest BCUT2D eigenvalue weighted by molar-refractivity contribution is -0.143. The topological polar surface area (TPSA) is 131 Å². The van der Waals surface area contributed by atoms with Crippen LogP contribution in [-0.4, -0.2) is 54.1 Å². The Labute approximate surface area is 245 Å². The summed E-state index contributed by atoms with van der Waals surface area (Å²) >= 11 is 0. The maximum atomic E-state index is 13.6. The number of nitrogens with one attached hydrogen (secondary N) is 1. The first-order valence-electron chi connectivity index (χ1n) is 14.4. The maximum absolute atomic E-state index is 13.6. The first kappa shape index (κ1) is 29.1. The van der Waals surface area contributed by atoms with Gasteiger partial charge in [-0.05, 0) is 66.3 Å². The molecule has 42 heavy (non-hydrogen) atoms. The van der Waals surface area contributed by atoms with E-state index in [9.17, 15) is 19.5 Å². The molecule has 1 fully saturated rings. The van der Waals surface area contributed by atoms with Crippen LogP contribution in [-0.2, 0) is 22.4 Å². The Morgan fingerprint density at radius 3 is 2.14 bits per heavy atom. The standard InChI is InChI=1S/C33H37N3O6/c1-4-20-14-19(3)15-21(5-2)30(20)35-28(37)18-36-17-25(24-10-11-26-27(16-24)42-13-12-41-26)29(33(39)40)31(36)22-6-8-23(9-7-22)32(34)38/h6-11,14-16,25,29,31H,4-5,12-13,17-18H2,1-3H3,(H2,34,38)(H,35,37)(H,39,40)/t25-,29-,31+/m1/s1. The van der Waals surface area contributed by atoms with Gasteiger partial charge in [0.1, 0.15) is 13.2 Å². The number of fused-ring (bicyclic) bond motifs is 1. The number of ether oxygens (including phenoxy) is 2. The molecule has 0 spiro atoms. The highest BCUT2D eigenvalue weighted by molar-refractivity contribution is 5.94. The fraction of sp³-hybridized carbons (Fsp3) is 0.364. The van der Waals surface area contributed by atoms with E-state index in [2.05, 4.69) is 31.3 Å². The summed E-state index contributed by atoms with van der Waals surface area (Å²) in [6.07, 6.45) is 1.55. The molecule has 1 saturated heterocycles. The van der Waals surface area contributed by atoms with Crippen LogP contribution < -0.4 is 20.5 Å². The molecule has 2 amide bonds. The van der Waals surface area contributed by atoms with Gasteiger partial charge >= 0.3 is 5.97 Å². The largest absolute Gasteiger partial charge is 0.486 e. The van der Waals surface area contributed by atoms with Crippen molar-refractivity contribution in [3.05, 3.63) is 88.0 Å². The zero-order valence-electron chi connectivity index (χ0n) is 24.2. The molecular formula is C33H37N3O6. The molecule has 3 aromatic carbocycles. The number of carbonyl (C=O) groups excluding carboxylic acids is 2. The quantitative estimate of drug-likeness (QED) is 0.345. The monoisotopic (exact) mass is 571 g/mol. The Kier molecular flexibility index (Phi) is 8.49. The van der Waals surface area contributed by atoms with Gasteiger partial charge in [0.25, 0.3) is 0 Å². The molecule has 0 radical (unpaired) electrons. The number of nitrogens with two attached hydrogens (primary N) is 1. The number of carbonyl (C=O) groups is 3. The van der Waals surface area contributed by atoms with Crippen molar-refractivity contribution in [2.24, 2.45) is 11.7 Å². The third kappa shape index (κ3) is 5.83. The van der Waals surface area contributed by atoms with E-state index in [1.807, 2.05) is 30.0 Å². The Balaban J connectivity index is 1.50. The number of hydrogen-bond donors (Lipinski definition) is 3. The summed E-state index contributed by atoms with van der Waals surface area (Å²) in [4.78, 5) is 40.1. The van der Waals surface area contributed by atoms with E-state index in [4.69, 9.17) is 15.2 Å². The van der Waals surface area contributed by atoms with E-state index in [1.54, 1.807) is 24.3 Å². The minimum Gasteiger partial charge on any atom is -0.486 e. The molecular weight excluding hydrogens is 534 g/mol. The minimum absolute atomic E-state index is 0.00669. The normalized spacial score (nSPS) is 19.8. The predicted octanol–water partition coefficient (Wildman–Crippen LogP) is 4.47. The van der Waals surface area contributed by atoms with Gasteiger partial charge in [-0.15, -0.1) is 0 Å². The van der Waals surface area contributed by atoms with Gasteiger partial charge in [0.2, 0.25) is 11.8 Å². The zero-order valence-corrected chi connectivity index (χ0v) is 24.2. The van der Waals surface area contributed by atoms with Crippen molar-refractivity contribution < 1.29 is 29.0 Å². The number of primary amides is 1. The third-order valence-electron chi connectivity index (χ3n) is 8.23. The van der Waals surface area contributed by atoms with Crippen LogP contribution in [0.2, 0.25) is 0 Å². The number of likely N-dealkylation sites (tertiary alicyclic amines) is 1. The minimum atomic E-state index is -0.971. The fourth-order valence-electron chi connectivity index (χ4n) is 6.29. The summed E-state index contributed by atoms with van der Waals surface area (Å²) in [5, 5.41) is 13.7. The Morgan fingerprint density at radius 1 is 0.929 bits per heavy atom. The van der Waals surface area contributed by atoms with Crippen molar-refractivity contribution >= 4 is 23.5 Å². The maximum Gasteiger partial charge on any atom is 0.309 e. The Morgan fingerprint density at radius 2 is 1.55 bits per heavy atom. The molecule has 0 aliphatic carbocycles. The highest BCUT2D eigenvalue weighted by atomic mass is 16.6. The number of anilines is 1. The van der Waals surface area contributed by atoms with Gasteiger partial charge in [-0.2, -0.15) is 0 Å². The van der Waals surface area contributed by atoms with Gasteiger partial charge in [-0.1, -0.05) is 49.7 Å². The number of nitrogens with zero attached hydrogens (tertiary/aromatic N) is 1. The van der Waals surface area contributed by atoms with E-state index >= 15 is 0 Å². The molecule has 2 aliphatic rings. The number of benzene rings is 3. The molecule has 0 bridgehead atoms. The SMILES string of the molecule is CCc1cc(C)cc(CC)c1NC(=O)CN1C[C@H](c2ccc3c(c2)OCCO3)[C@@H](C(=O)O)[C@@H]1c1ccc(C(N)=O)cc1. The molecule has 9 heteroatoms. The van der Waals surface area contributed by atoms with E-state index in [-0.39, 0.29) is 12.5 Å². The Bertz CT molecular complexity index is 1480. The average molecular weight is 572 g/mol. The average Bonchev–Trinajstić information content (AvgIpc) is 3.36. The number of hydrogen-bond acceptors (Lipinski definition) is 6. The summed E-state index contributed by atoms with van der Waals surface area (Å²) < 4.78 is 11.5. The van der Waals surface area contributed by atoms with Gasteiger partial charge in [-0.3, -0.25) is 19.3 Å². The summed E-state index contributed by atoms with van der Waals surface area (Å²) in [5.41, 5.74) is 11.4. The summed E-state index contributed by atoms with van der Waals surface area (Å²) in [6.45, 7) is 7.38. The number of amides is 2. The van der Waals surface area contributed by atoms with Gasteiger partial charge in [-0.25, -0.2) is 0 Å². The van der Waals surface area contributed by atoms with Crippen molar-refractivity contribution in [3.8, 4) is 11.5 Å². The smallest absolute Gasteiger partial charge is 0.309 e. The first-order chi connectivity index (χ1) is 20.2. The van der Waals surface area contributed by atoms with E-state index in [1.165, 1.54) is 0 Å². The highest BCUT2D eigenvalue weighted by Crippen LogP contribution is 2.47. The van der Waals surface area contributed by atoms with Crippen LogP contribution in [0.4, 0.5) is 5.69 Å². The van der Waals surface area contributed by atoms with Crippen LogP contribution in [0.25, 0.3) is 0 Å². The van der Waals surface area contributed by atoms with Crippen LogP contribution in [0, 0.1) is 12.8 Å². The number of carboxylic acids is 1. The molecule has 2 heterocycles. The van der Waals surface area contributed by atoms with Crippen LogP contribution in [0.5, 0.6) is 11.5 Å². The molecule has 0 unspecified atom stereocenters. The van der Waals surface area contributed by atoms with E-state index in [0.29, 0.717) is 42.4 Å². The van der Waals surface area contributed by atoms with Gasteiger partial charge in [0.05, 0.1) is 12.5 Å². The summed E-state index contributed by atoms with van der Waals surface area (Å²) in [5.74, 6) is -1.83. The zero-order chi connectivity index (χ0) is 30.0. The van der Waals surface area contributed by atoms with Gasteiger partial charge < -0.3 is 25.6 Å². The van der Waals surface area contributed by atoms with Crippen molar-refractivity contribution in [2.75, 3.05) is 31.6 Å². The summed E-state index contributed by atoms with van der Waals surface area (Å²) in [7, 11) is 0. The second-order valence-corrected chi connectivity index (χ2v) is 10.9. The van der Waals surface area contributed by atoms with Crippen LogP contribution in [0.3, 0.4) is 0 Å². The van der Waals surface area contributed by atoms with Crippen molar-refractivity contribution in [3.63, 3.8) is 0 Å². The van der Waals surface area contributed by atoms with Crippen LogP contribution in [0.15, 0.2) is 54.6 Å². The van der Waals surface area contributed by atoms with E-state index in [0.717, 1.165) is 40.8 Å².